The lowest BCUT2D eigenvalue weighted by Crippen LogP contribution is -2.49. The van der Waals surface area contributed by atoms with E-state index in [1.165, 1.54) is 0 Å². The van der Waals surface area contributed by atoms with Gasteiger partial charge in [-0.15, -0.1) is 0 Å². The number of carbonyl (C=O) groups excluding carboxylic acids is 2. The summed E-state index contributed by atoms with van der Waals surface area (Å²) < 4.78 is 16.4. The van der Waals surface area contributed by atoms with Crippen molar-refractivity contribution in [3.05, 3.63) is 60.2 Å². The molecule has 166 valence electrons. The Labute approximate surface area is 186 Å². The number of carbonyl (C=O) groups is 2. The molecule has 1 amide bonds. The van der Waals surface area contributed by atoms with Crippen LogP contribution in [0.2, 0.25) is 0 Å². The first-order valence-electron chi connectivity index (χ1n) is 10.6. The van der Waals surface area contributed by atoms with Crippen molar-refractivity contribution in [1.82, 2.24) is 9.88 Å². The van der Waals surface area contributed by atoms with Crippen LogP contribution in [-0.2, 0) is 14.3 Å². The Bertz CT molecular complexity index is 1120. The standard InChI is InChI=1S/C25H26N2O5/c1-16-13-27(14-17(2)32-16)24(28)15-31-25(29)21-12-23(18-7-5-4-6-8-18)26-22-10-9-19(30-3)11-20(21)22/h4-12,16-17H,13-15H2,1-3H3/t16-,17-/m0/s1. The number of hydrogen-bond donors (Lipinski definition) is 0. The summed E-state index contributed by atoms with van der Waals surface area (Å²) in [6.07, 6.45) is -0.105. The van der Waals surface area contributed by atoms with Crippen LogP contribution in [0.25, 0.3) is 22.2 Å². The van der Waals surface area contributed by atoms with Crippen LogP contribution in [0.5, 0.6) is 5.75 Å². The maximum atomic E-state index is 13.1. The fourth-order valence-corrected chi connectivity index (χ4v) is 3.94. The lowest BCUT2D eigenvalue weighted by atomic mass is 10.0. The van der Waals surface area contributed by atoms with E-state index in [1.54, 1.807) is 36.3 Å². The van der Waals surface area contributed by atoms with Crippen LogP contribution in [0.15, 0.2) is 54.6 Å². The van der Waals surface area contributed by atoms with Crippen molar-refractivity contribution in [2.24, 2.45) is 0 Å². The second-order valence-corrected chi connectivity index (χ2v) is 7.94. The number of fused-ring (bicyclic) bond motifs is 1. The van der Waals surface area contributed by atoms with E-state index in [9.17, 15) is 9.59 Å². The highest BCUT2D eigenvalue weighted by Gasteiger charge is 2.27. The molecule has 0 bridgehead atoms. The number of benzene rings is 2. The average Bonchev–Trinajstić information content (AvgIpc) is 2.81. The van der Waals surface area contributed by atoms with E-state index < -0.39 is 5.97 Å². The number of esters is 1. The predicted octanol–water partition coefficient (Wildman–Crippen LogP) is 3.70. The first-order valence-corrected chi connectivity index (χ1v) is 10.6. The van der Waals surface area contributed by atoms with Crippen LogP contribution >= 0.6 is 0 Å². The molecule has 3 aromatic rings. The molecule has 0 unspecified atom stereocenters. The highest BCUT2D eigenvalue weighted by molar-refractivity contribution is 6.05. The van der Waals surface area contributed by atoms with Gasteiger partial charge in [0.15, 0.2) is 6.61 Å². The molecule has 1 saturated heterocycles. The summed E-state index contributed by atoms with van der Waals surface area (Å²) in [7, 11) is 1.56. The van der Waals surface area contributed by atoms with Gasteiger partial charge < -0.3 is 19.1 Å². The third kappa shape index (κ3) is 4.73. The van der Waals surface area contributed by atoms with Gasteiger partial charge in [-0.25, -0.2) is 9.78 Å². The Morgan fingerprint density at radius 2 is 1.78 bits per heavy atom. The zero-order valence-corrected chi connectivity index (χ0v) is 18.4. The summed E-state index contributed by atoms with van der Waals surface area (Å²) >= 11 is 0. The number of aromatic nitrogens is 1. The number of methoxy groups -OCH3 is 1. The molecule has 2 heterocycles. The average molecular weight is 434 g/mol. The van der Waals surface area contributed by atoms with Gasteiger partial charge in [0.2, 0.25) is 0 Å². The molecular formula is C25H26N2O5. The minimum absolute atomic E-state index is 0.0524. The minimum atomic E-state index is -0.578. The van der Waals surface area contributed by atoms with Gasteiger partial charge in [0, 0.05) is 24.0 Å². The molecule has 32 heavy (non-hydrogen) atoms. The fourth-order valence-electron chi connectivity index (χ4n) is 3.94. The van der Waals surface area contributed by atoms with Crippen molar-refractivity contribution in [3.63, 3.8) is 0 Å². The van der Waals surface area contributed by atoms with Crippen molar-refractivity contribution < 1.29 is 23.8 Å². The second-order valence-electron chi connectivity index (χ2n) is 7.94. The molecule has 1 aliphatic heterocycles. The summed E-state index contributed by atoms with van der Waals surface area (Å²) in [5.41, 5.74) is 2.51. The first kappa shape index (κ1) is 21.8. The van der Waals surface area contributed by atoms with Crippen molar-refractivity contribution in [2.75, 3.05) is 26.8 Å². The van der Waals surface area contributed by atoms with Gasteiger partial charge in [0.05, 0.1) is 36.1 Å². The fraction of sp³-hybridized carbons (Fsp3) is 0.320. The minimum Gasteiger partial charge on any atom is -0.497 e. The van der Waals surface area contributed by atoms with Crippen LogP contribution in [0.4, 0.5) is 0 Å². The molecule has 0 aliphatic carbocycles. The maximum absolute atomic E-state index is 13.1. The van der Waals surface area contributed by atoms with Crippen molar-refractivity contribution in [1.29, 1.82) is 0 Å². The third-order valence-corrected chi connectivity index (χ3v) is 5.40. The van der Waals surface area contributed by atoms with E-state index in [-0.39, 0.29) is 24.7 Å². The highest BCUT2D eigenvalue weighted by atomic mass is 16.5. The number of pyridine rings is 1. The Hall–Kier alpha value is -3.45. The van der Waals surface area contributed by atoms with E-state index in [4.69, 9.17) is 19.2 Å². The van der Waals surface area contributed by atoms with Crippen LogP contribution in [0.3, 0.4) is 0 Å². The highest BCUT2D eigenvalue weighted by Crippen LogP contribution is 2.28. The number of morpholine rings is 1. The smallest absolute Gasteiger partial charge is 0.339 e. The van der Waals surface area contributed by atoms with Crippen LogP contribution in [-0.4, -0.2) is 60.8 Å². The number of hydrogen-bond acceptors (Lipinski definition) is 6. The van der Waals surface area contributed by atoms with E-state index in [0.29, 0.717) is 41.0 Å². The number of rotatable bonds is 5. The van der Waals surface area contributed by atoms with Gasteiger partial charge in [0.25, 0.3) is 5.91 Å². The van der Waals surface area contributed by atoms with Gasteiger partial charge in [-0.1, -0.05) is 30.3 Å². The topological polar surface area (TPSA) is 78.0 Å². The van der Waals surface area contributed by atoms with Crippen molar-refractivity contribution >= 4 is 22.8 Å². The molecule has 2 atom stereocenters. The second kappa shape index (κ2) is 9.36. The number of nitrogens with zero attached hydrogens (tertiary/aromatic N) is 2. The molecule has 4 rings (SSSR count). The maximum Gasteiger partial charge on any atom is 0.339 e. The molecule has 0 radical (unpaired) electrons. The zero-order valence-electron chi connectivity index (χ0n) is 18.4. The van der Waals surface area contributed by atoms with E-state index in [1.807, 2.05) is 44.2 Å². The molecule has 0 N–H and O–H groups in total. The van der Waals surface area contributed by atoms with Crippen LogP contribution in [0.1, 0.15) is 24.2 Å². The van der Waals surface area contributed by atoms with Gasteiger partial charge in [-0.3, -0.25) is 4.79 Å². The monoisotopic (exact) mass is 434 g/mol. The van der Waals surface area contributed by atoms with Crippen molar-refractivity contribution in [3.8, 4) is 17.0 Å². The van der Waals surface area contributed by atoms with Gasteiger partial charge >= 0.3 is 5.97 Å². The van der Waals surface area contributed by atoms with E-state index in [2.05, 4.69) is 0 Å². The summed E-state index contributed by atoms with van der Waals surface area (Å²) in [5, 5.41) is 0.607. The summed E-state index contributed by atoms with van der Waals surface area (Å²) in [6.45, 7) is 4.47. The third-order valence-electron chi connectivity index (χ3n) is 5.40. The Morgan fingerprint density at radius 1 is 1.06 bits per heavy atom. The summed E-state index contributed by atoms with van der Waals surface area (Å²) in [4.78, 5) is 32.1. The SMILES string of the molecule is COc1ccc2nc(-c3ccccc3)cc(C(=O)OCC(=O)N3C[C@H](C)O[C@@H](C)C3)c2c1. The van der Waals surface area contributed by atoms with Gasteiger partial charge in [-0.05, 0) is 38.1 Å². The van der Waals surface area contributed by atoms with Crippen LogP contribution < -0.4 is 4.74 Å². The molecule has 2 aromatic carbocycles. The Morgan fingerprint density at radius 3 is 2.47 bits per heavy atom. The number of amides is 1. The Kier molecular flexibility index (Phi) is 6.37. The molecule has 1 aliphatic rings. The largest absolute Gasteiger partial charge is 0.497 e. The zero-order chi connectivity index (χ0) is 22.7. The quantitative estimate of drug-likeness (QED) is 0.570. The molecule has 1 aromatic heterocycles. The molecule has 0 spiro atoms. The van der Waals surface area contributed by atoms with Gasteiger partial charge in [0.1, 0.15) is 5.75 Å². The molecular weight excluding hydrogens is 408 g/mol. The van der Waals surface area contributed by atoms with E-state index >= 15 is 0 Å². The molecule has 0 saturated carbocycles. The lowest BCUT2D eigenvalue weighted by molar-refractivity contribution is -0.146. The summed E-state index contributed by atoms with van der Waals surface area (Å²) in [6, 6.07) is 16.6. The van der Waals surface area contributed by atoms with Gasteiger partial charge in [-0.2, -0.15) is 0 Å². The summed E-state index contributed by atoms with van der Waals surface area (Å²) in [5.74, 6) is -0.210. The first-order chi connectivity index (χ1) is 15.4. The van der Waals surface area contributed by atoms with Crippen LogP contribution in [0, 0.1) is 0 Å². The number of ether oxygens (including phenoxy) is 3. The predicted molar refractivity (Wildman–Crippen MR) is 121 cm³/mol. The molecule has 1 fully saturated rings. The normalized spacial score (nSPS) is 18.4. The van der Waals surface area contributed by atoms with E-state index in [0.717, 1.165) is 5.56 Å². The Balaban J connectivity index is 1.61. The van der Waals surface area contributed by atoms with Crippen molar-refractivity contribution in [2.45, 2.75) is 26.1 Å². The molecule has 7 nitrogen and oxygen atoms in total. The lowest BCUT2D eigenvalue weighted by Gasteiger charge is -2.35. The molecule has 7 heteroatoms.